The SMILES string of the molecule is CC(C(=O)O)C(C)C(=O)c1cc2c(cc1F)NC(=O)CC2. The highest BCUT2D eigenvalue weighted by molar-refractivity contribution is 6.01. The van der Waals surface area contributed by atoms with E-state index in [2.05, 4.69) is 5.32 Å². The van der Waals surface area contributed by atoms with Crippen LogP contribution in [-0.2, 0) is 16.0 Å². The number of carboxylic acid groups (broad SMARTS) is 1. The van der Waals surface area contributed by atoms with Crippen molar-refractivity contribution in [2.75, 3.05) is 5.32 Å². The van der Waals surface area contributed by atoms with Crippen molar-refractivity contribution in [2.24, 2.45) is 11.8 Å². The number of carboxylic acids is 1. The predicted molar refractivity (Wildman–Crippen MR) is 73.6 cm³/mol. The molecule has 0 aliphatic carbocycles. The lowest BCUT2D eigenvalue weighted by Gasteiger charge is -2.20. The zero-order valence-electron chi connectivity index (χ0n) is 11.8. The van der Waals surface area contributed by atoms with Crippen molar-refractivity contribution in [2.45, 2.75) is 26.7 Å². The van der Waals surface area contributed by atoms with E-state index in [1.807, 2.05) is 0 Å². The van der Waals surface area contributed by atoms with E-state index in [0.29, 0.717) is 17.7 Å². The summed E-state index contributed by atoms with van der Waals surface area (Å²) >= 11 is 0. The summed E-state index contributed by atoms with van der Waals surface area (Å²) < 4.78 is 14.1. The van der Waals surface area contributed by atoms with E-state index in [0.717, 1.165) is 6.07 Å². The van der Waals surface area contributed by atoms with Crippen LogP contribution in [0.4, 0.5) is 10.1 Å². The maximum Gasteiger partial charge on any atom is 0.306 e. The molecule has 1 heterocycles. The van der Waals surface area contributed by atoms with Gasteiger partial charge in [0.15, 0.2) is 5.78 Å². The molecule has 0 fully saturated rings. The van der Waals surface area contributed by atoms with Gasteiger partial charge in [-0.2, -0.15) is 0 Å². The van der Waals surface area contributed by atoms with Gasteiger partial charge in [0, 0.05) is 18.0 Å². The fourth-order valence-corrected chi connectivity index (χ4v) is 2.28. The van der Waals surface area contributed by atoms with E-state index in [4.69, 9.17) is 5.11 Å². The molecule has 0 saturated heterocycles. The maximum atomic E-state index is 14.1. The summed E-state index contributed by atoms with van der Waals surface area (Å²) in [5, 5.41) is 11.5. The number of carbonyl (C=O) groups excluding carboxylic acids is 2. The highest BCUT2D eigenvalue weighted by Gasteiger charge is 2.29. The monoisotopic (exact) mass is 293 g/mol. The van der Waals surface area contributed by atoms with Crippen molar-refractivity contribution in [1.82, 2.24) is 0 Å². The number of ketones is 1. The molecule has 0 saturated carbocycles. The Morgan fingerprint density at radius 1 is 1.24 bits per heavy atom. The van der Waals surface area contributed by atoms with Gasteiger partial charge < -0.3 is 10.4 Å². The third-order valence-corrected chi connectivity index (χ3v) is 3.91. The normalized spacial score (nSPS) is 16.6. The highest BCUT2D eigenvalue weighted by atomic mass is 19.1. The van der Waals surface area contributed by atoms with E-state index >= 15 is 0 Å². The Balaban J connectivity index is 2.34. The van der Waals surface area contributed by atoms with Gasteiger partial charge in [0.1, 0.15) is 5.82 Å². The van der Waals surface area contributed by atoms with Crippen LogP contribution in [0.3, 0.4) is 0 Å². The molecule has 0 aromatic heterocycles. The van der Waals surface area contributed by atoms with Crippen molar-refractivity contribution in [3.63, 3.8) is 0 Å². The minimum absolute atomic E-state index is 0.120. The molecule has 1 aromatic rings. The van der Waals surface area contributed by atoms with E-state index in [-0.39, 0.29) is 17.9 Å². The predicted octanol–water partition coefficient (Wildman–Crippen LogP) is 2.25. The molecule has 2 atom stereocenters. The molecule has 2 unspecified atom stereocenters. The van der Waals surface area contributed by atoms with Gasteiger partial charge in [-0.25, -0.2) is 4.39 Å². The third kappa shape index (κ3) is 2.94. The molecule has 1 aliphatic heterocycles. The summed E-state index contributed by atoms with van der Waals surface area (Å²) in [5.41, 5.74) is 0.944. The first-order valence-electron chi connectivity index (χ1n) is 6.70. The number of hydrogen-bond donors (Lipinski definition) is 2. The van der Waals surface area contributed by atoms with Crippen LogP contribution in [0, 0.1) is 17.7 Å². The standard InChI is InChI=1S/C15H16FNO4/c1-7(8(2)15(20)21)14(19)10-5-9-3-4-13(18)17-12(9)6-11(10)16/h5-8H,3-4H2,1-2H3,(H,17,18)(H,20,21). The number of nitrogens with one attached hydrogen (secondary N) is 1. The first-order valence-corrected chi connectivity index (χ1v) is 6.70. The van der Waals surface area contributed by atoms with Crippen molar-refractivity contribution >= 4 is 23.3 Å². The van der Waals surface area contributed by atoms with Gasteiger partial charge in [-0.3, -0.25) is 14.4 Å². The Kier molecular flexibility index (Phi) is 4.06. The number of anilines is 1. The lowest BCUT2D eigenvalue weighted by Crippen LogP contribution is -2.27. The van der Waals surface area contributed by atoms with Gasteiger partial charge in [0.05, 0.1) is 11.5 Å². The number of benzene rings is 1. The smallest absolute Gasteiger partial charge is 0.306 e. The summed E-state index contributed by atoms with van der Waals surface area (Å²) in [6.07, 6.45) is 0.720. The average Bonchev–Trinajstić information content (AvgIpc) is 2.44. The fraction of sp³-hybridized carbons (Fsp3) is 0.400. The number of Topliss-reactive ketones (excluding diaryl/α,β-unsaturated/α-hetero) is 1. The Labute approximate surface area is 121 Å². The van der Waals surface area contributed by atoms with Crippen LogP contribution in [0.2, 0.25) is 0 Å². The Morgan fingerprint density at radius 2 is 1.90 bits per heavy atom. The van der Waals surface area contributed by atoms with E-state index < -0.39 is 29.4 Å². The quantitative estimate of drug-likeness (QED) is 0.834. The van der Waals surface area contributed by atoms with Crippen molar-refractivity contribution in [1.29, 1.82) is 0 Å². The Morgan fingerprint density at radius 3 is 2.52 bits per heavy atom. The molecule has 6 heteroatoms. The zero-order chi connectivity index (χ0) is 15.7. The molecule has 1 aromatic carbocycles. The van der Waals surface area contributed by atoms with Crippen molar-refractivity contribution in [3.8, 4) is 0 Å². The molecule has 2 N–H and O–H groups in total. The number of carbonyl (C=O) groups is 3. The van der Waals surface area contributed by atoms with Gasteiger partial charge in [0.25, 0.3) is 0 Å². The van der Waals surface area contributed by atoms with Gasteiger partial charge in [-0.05, 0) is 24.1 Å². The lowest BCUT2D eigenvalue weighted by atomic mass is 9.87. The molecule has 112 valence electrons. The second-order valence-electron chi connectivity index (χ2n) is 5.32. The summed E-state index contributed by atoms with van der Waals surface area (Å²) in [7, 11) is 0. The zero-order valence-corrected chi connectivity index (χ0v) is 11.8. The van der Waals surface area contributed by atoms with Gasteiger partial charge in [-0.15, -0.1) is 0 Å². The van der Waals surface area contributed by atoms with Crippen LogP contribution in [0.1, 0.15) is 36.2 Å². The molecule has 0 bridgehead atoms. The van der Waals surface area contributed by atoms with Crippen molar-refractivity contribution < 1.29 is 23.9 Å². The Bertz CT molecular complexity index is 626. The summed E-state index contributed by atoms with van der Waals surface area (Å²) in [4.78, 5) is 34.5. The third-order valence-electron chi connectivity index (χ3n) is 3.91. The number of amides is 1. The molecular formula is C15H16FNO4. The van der Waals surface area contributed by atoms with Crippen LogP contribution in [0.25, 0.3) is 0 Å². The molecular weight excluding hydrogens is 277 g/mol. The highest BCUT2D eigenvalue weighted by Crippen LogP contribution is 2.28. The van der Waals surface area contributed by atoms with Gasteiger partial charge in [0.2, 0.25) is 5.91 Å². The van der Waals surface area contributed by atoms with Crippen LogP contribution >= 0.6 is 0 Å². The largest absolute Gasteiger partial charge is 0.481 e. The van der Waals surface area contributed by atoms with E-state index in [1.54, 1.807) is 0 Å². The molecule has 1 aliphatic rings. The van der Waals surface area contributed by atoms with Crippen LogP contribution in [-0.4, -0.2) is 22.8 Å². The minimum atomic E-state index is -1.10. The van der Waals surface area contributed by atoms with Crippen LogP contribution in [0.5, 0.6) is 0 Å². The van der Waals surface area contributed by atoms with Crippen LogP contribution < -0.4 is 5.32 Å². The lowest BCUT2D eigenvalue weighted by molar-refractivity contribution is -0.142. The minimum Gasteiger partial charge on any atom is -0.481 e. The Hall–Kier alpha value is -2.24. The maximum absolute atomic E-state index is 14.1. The summed E-state index contributed by atoms with van der Waals surface area (Å²) in [6, 6.07) is 2.54. The number of aliphatic carboxylic acids is 1. The second kappa shape index (κ2) is 5.63. The molecule has 1 amide bonds. The first-order chi connectivity index (χ1) is 9.81. The molecule has 5 nitrogen and oxygen atoms in total. The number of aryl methyl sites for hydroxylation is 1. The number of rotatable bonds is 4. The van der Waals surface area contributed by atoms with Gasteiger partial charge in [-0.1, -0.05) is 13.8 Å². The van der Waals surface area contributed by atoms with E-state index in [1.165, 1.54) is 19.9 Å². The first kappa shape index (κ1) is 15.2. The topological polar surface area (TPSA) is 83.5 Å². The summed E-state index contributed by atoms with van der Waals surface area (Å²) in [6.45, 7) is 2.89. The molecule has 0 radical (unpaired) electrons. The number of hydrogen-bond acceptors (Lipinski definition) is 3. The van der Waals surface area contributed by atoms with E-state index in [9.17, 15) is 18.8 Å². The van der Waals surface area contributed by atoms with Crippen LogP contribution in [0.15, 0.2) is 12.1 Å². The van der Waals surface area contributed by atoms with Gasteiger partial charge >= 0.3 is 5.97 Å². The van der Waals surface area contributed by atoms with Crippen molar-refractivity contribution in [3.05, 3.63) is 29.1 Å². The fourth-order valence-electron chi connectivity index (χ4n) is 2.28. The summed E-state index contributed by atoms with van der Waals surface area (Å²) in [5.74, 6) is -4.29. The molecule has 0 spiro atoms. The molecule has 21 heavy (non-hydrogen) atoms. The number of fused-ring (bicyclic) bond motifs is 1. The molecule has 2 rings (SSSR count). The second-order valence-corrected chi connectivity index (χ2v) is 5.32. The number of halogens is 1. The average molecular weight is 293 g/mol.